The highest BCUT2D eigenvalue weighted by Gasteiger charge is 2.43. The first-order chi connectivity index (χ1) is 8.58. The van der Waals surface area contributed by atoms with Crippen LogP contribution in [-0.2, 0) is 14.3 Å². The molecule has 1 fully saturated rings. The molecule has 7 nitrogen and oxygen atoms in total. The highest BCUT2D eigenvalue weighted by molar-refractivity contribution is 6.00. The van der Waals surface area contributed by atoms with Crippen LogP contribution in [0.4, 0.5) is 4.79 Å². The van der Waals surface area contributed by atoms with Gasteiger partial charge in [-0.15, -0.1) is 0 Å². The summed E-state index contributed by atoms with van der Waals surface area (Å²) in [6.45, 7) is 5.43. The zero-order chi connectivity index (χ0) is 14.8. The maximum atomic E-state index is 11.8. The Bertz CT molecular complexity index is 375. The largest absolute Gasteiger partial charge is 0.549 e. The average molecular weight is 271 g/mol. The maximum absolute atomic E-state index is 11.8. The topological polar surface area (TPSA) is 113 Å². The summed E-state index contributed by atoms with van der Waals surface area (Å²) in [5, 5.41) is 11.1. The summed E-state index contributed by atoms with van der Waals surface area (Å²) >= 11 is 0. The van der Waals surface area contributed by atoms with Gasteiger partial charge in [-0.2, -0.15) is 0 Å². The molecule has 0 radical (unpaired) electrons. The van der Waals surface area contributed by atoms with Crippen molar-refractivity contribution >= 4 is 18.0 Å². The van der Waals surface area contributed by atoms with E-state index in [1.165, 1.54) is 4.90 Å². The van der Waals surface area contributed by atoms with Crippen LogP contribution in [0.3, 0.4) is 0 Å². The van der Waals surface area contributed by atoms with Gasteiger partial charge >= 0.3 is 6.09 Å². The van der Waals surface area contributed by atoms with E-state index in [1.807, 2.05) is 0 Å². The Labute approximate surface area is 111 Å². The lowest BCUT2D eigenvalue weighted by Gasteiger charge is -2.40. The average Bonchev–Trinajstić information content (AvgIpc) is 2.26. The van der Waals surface area contributed by atoms with Crippen LogP contribution in [-0.4, -0.2) is 41.6 Å². The van der Waals surface area contributed by atoms with Crippen LogP contribution < -0.4 is 10.8 Å². The maximum Gasteiger partial charge on any atom is 0.410 e. The van der Waals surface area contributed by atoms with Crippen LogP contribution in [0.1, 0.15) is 33.6 Å². The number of carboxylic acid groups (broad SMARTS) is 1. The third kappa shape index (κ3) is 3.36. The predicted octanol–water partition coefficient (Wildman–Crippen LogP) is -0.761. The first kappa shape index (κ1) is 15.3. The Hall–Kier alpha value is -1.79. The molecule has 0 atom stereocenters. The number of carbonyl (C=O) groups is 3. The van der Waals surface area contributed by atoms with Crippen molar-refractivity contribution < 1.29 is 24.2 Å². The van der Waals surface area contributed by atoms with E-state index >= 15 is 0 Å². The standard InChI is InChI=1S/C12H20N2O5/c1-11(2,3)19-10(18)14-6-4-12(5-7-14,8(13)15)9(16)17/h4-7H2,1-3H3,(H2,13,15)(H,16,17)/p-1. The fourth-order valence-corrected chi connectivity index (χ4v) is 1.95. The Morgan fingerprint density at radius 3 is 2.00 bits per heavy atom. The van der Waals surface area contributed by atoms with Crippen molar-refractivity contribution in [3.05, 3.63) is 0 Å². The number of likely N-dealkylation sites (tertiary alicyclic amines) is 1. The number of primary amides is 1. The lowest BCUT2D eigenvalue weighted by Crippen LogP contribution is -2.57. The number of nitrogens with zero attached hydrogens (tertiary/aromatic N) is 1. The Morgan fingerprint density at radius 2 is 1.68 bits per heavy atom. The van der Waals surface area contributed by atoms with E-state index in [9.17, 15) is 19.5 Å². The zero-order valence-corrected chi connectivity index (χ0v) is 11.4. The van der Waals surface area contributed by atoms with Gasteiger partial charge in [0.15, 0.2) is 0 Å². The van der Waals surface area contributed by atoms with E-state index in [-0.39, 0.29) is 25.9 Å². The lowest BCUT2D eigenvalue weighted by molar-refractivity contribution is -0.318. The summed E-state index contributed by atoms with van der Waals surface area (Å²) in [6, 6.07) is 0. The van der Waals surface area contributed by atoms with Gasteiger partial charge in [0, 0.05) is 13.1 Å². The van der Waals surface area contributed by atoms with Crippen LogP contribution in [0, 0.1) is 5.41 Å². The van der Waals surface area contributed by atoms with E-state index in [0.717, 1.165) is 0 Å². The first-order valence-corrected chi connectivity index (χ1v) is 6.08. The Balaban J connectivity index is 2.69. The minimum Gasteiger partial charge on any atom is -0.549 e. The minimum atomic E-state index is -1.68. The van der Waals surface area contributed by atoms with Gasteiger partial charge < -0.3 is 25.3 Å². The smallest absolute Gasteiger partial charge is 0.410 e. The number of ether oxygens (including phenoxy) is 1. The van der Waals surface area contributed by atoms with Crippen molar-refractivity contribution in [2.24, 2.45) is 11.1 Å². The highest BCUT2D eigenvalue weighted by atomic mass is 16.6. The van der Waals surface area contributed by atoms with Crippen LogP contribution >= 0.6 is 0 Å². The van der Waals surface area contributed by atoms with Crippen molar-refractivity contribution in [2.45, 2.75) is 39.2 Å². The molecule has 1 heterocycles. The van der Waals surface area contributed by atoms with Crippen LogP contribution in [0.2, 0.25) is 0 Å². The van der Waals surface area contributed by atoms with Crippen LogP contribution in [0.25, 0.3) is 0 Å². The number of piperidine rings is 1. The van der Waals surface area contributed by atoms with E-state index in [4.69, 9.17) is 10.5 Å². The fraction of sp³-hybridized carbons (Fsp3) is 0.750. The molecule has 1 aliphatic rings. The fourth-order valence-electron chi connectivity index (χ4n) is 1.95. The molecule has 1 rings (SSSR count). The van der Waals surface area contributed by atoms with E-state index in [0.29, 0.717) is 0 Å². The van der Waals surface area contributed by atoms with Gasteiger partial charge in [0.05, 0.1) is 11.4 Å². The summed E-state index contributed by atoms with van der Waals surface area (Å²) in [4.78, 5) is 35.5. The Morgan fingerprint density at radius 1 is 1.21 bits per heavy atom. The second-order valence-corrected chi connectivity index (χ2v) is 5.70. The van der Waals surface area contributed by atoms with Crippen molar-refractivity contribution in [1.82, 2.24) is 4.90 Å². The third-order valence-electron chi connectivity index (χ3n) is 3.13. The summed E-state index contributed by atoms with van der Waals surface area (Å²) < 4.78 is 5.17. The van der Waals surface area contributed by atoms with Crippen molar-refractivity contribution in [3.8, 4) is 0 Å². The zero-order valence-electron chi connectivity index (χ0n) is 11.4. The number of hydrogen-bond acceptors (Lipinski definition) is 5. The molecule has 0 aliphatic carbocycles. The van der Waals surface area contributed by atoms with Crippen molar-refractivity contribution in [2.75, 3.05) is 13.1 Å². The molecule has 0 saturated carbocycles. The molecule has 2 N–H and O–H groups in total. The number of carbonyl (C=O) groups excluding carboxylic acids is 3. The number of hydrogen-bond donors (Lipinski definition) is 1. The van der Waals surface area contributed by atoms with Gasteiger partial charge in [0.2, 0.25) is 5.91 Å². The first-order valence-electron chi connectivity index (χ1n) is 6.08. The normalized spacial score (nSPS) is 18.8. The molecule has 7 heteroatoms. The number of aliphatic carboxylic acids is 1. The van der Waals surface area contributed by atoms with Crippen molar-refractivity contribution in [3.63, 3.8) is 0 Å². The predicted molar refractivity (Wildman–Crippen MR) is 63.7 cm³/mol. The monoisotopic (exact) mass is 271 g/mol. The molecule has 108 valence electrons. The van der Waals surface area contributed by atoms with E-state index < -0.39 is 29.0 Å². The molecule has 0 aromatic carbocycles. The van der Waals surface area contributed by atoms with Gasteiger partial charge in [-0.05, 0) is 33.6 Å². The number of nitrogens with two attached hydrogens (primary N) is 1. The number of carboxylic acids is 1. The van der Waals surface area contributed by atoms with Crippen LogP contribution in [0.5, 0.6) is 0 Å². The molecule has 0 aromatic heterocycles. The second-order valence-electron chi connectivity index (χ2n) is 5.70. The second kappa shape index (κ2) is 5.07. The molecule has 2 amide bonds. The molecule has 0 unspecified atom stereocenters. The minimum absolute atomic E-state index is 0.0517. The van der Waals surface area contributed by atoms with Gasteiger partial charge in [-0.3, -0.25) is 4.79 Å². The van der Waals surface area contributed by atoms with Crippen LogP contribution in [0.15, 0.2) is 0 Å². The quantitative estimate of drug-likeness (QED) is 0.663. The van der Waals surface area contributed by atoms with E-state index in [1.54, 1.807) is 20.8 Å². The van der Waals surface area contributed by atoms with Gasteiger partial charge in [-0.25, -0.2) is 4.79 Å². The molecular formula is C12H19N2O5-. The SMILES string of the molecule is CC(C)(C)OC(=O)N1CCC(C(N)=O)(C(=O)[O-])CC1. The molecule has 1 saturated heterocycles. The summed E-state index contributed by atoms with van der Waals surface area (Å²) in [6.07, 6.45) is -0.628. The van der Waals surface area contributed by atoms with Gasteiger partial charge in [0.1, 0.15) is 5.60 Å². The summed E-state index contributed by atoms with van der Waals surface area (Å²) in [7, 11) is 0. The lowest BCUT2D eigenvalue weighted by atomic mass is 9.78. The summed E-state index contributed by atoms with van der Waals surface area (Å²) in [5.41, 5.74) is 2.83. The summed E-state index contributed by atoms with van der Waals surface area (Å²) in [5.74, 6) is -2.40. The molecule has 1 aliphatic heterocycles. The van der Waals surface area contributed by atoms with E-state index in [2.05, 4.69) is 0 Å². The molecule has 0 spiro atoms. The molecule has 19 heavy (non-hydrogen) atoms. The third-order valence-corrected chi connectivity index (χ3v) is 3.13. The van der Waals surface area contributed by atoms with Gasteiger partial charge in [0.25, 0.3) is 0 Å². The molecule has 0 bridgehead atoms. The molecular weight excluding hydrogens is 252 g/mol. The Kier molecular flexibility index (Phi) is 4.07. The van der Waals surface area contributed by atoms with Crippen molar-refractivity contribution in [1.29, 1.82) is 0 Å². The number of amides is 2. The molecule has 0 aromatic rings. The van der Waals surface area contributed by atoms with Gasteiger partial charge in [-0.1, -0.05) is 0 Å². The highest BCUT2D eigenvalue weighted by Crippen LogP contribution is 2.31. The number of rotatable bonds is 2.